The molecule has 2 nitrogen and oxygen atoms in total. The number of hydrogen-bond donors (Lipinski definition) is 1. The third-order valence-corrected chi connectivity index (χ3v) is 2.88. The van der Waals surface area contributed by atoms with Crippen LogP contribution in [0.2, 0.25) is 0 Å². The van der Waals surface area contributed by atoms with Crippen LogP contribution in [0, 0.1) is 0 Å². The molecule has 14 heavy (non-hydrogen) atoms. The SMILES string of the molecule is C/C=C\C(N1CCCCC1)C(C)(C)O. The van der Waals surface area contributed by atoms with Crippen molar-refractivity contribution in [1.82, 2.24) is 4.90 Å². The Balaban J connectivity index is 2.66. The van der Waals surface area contributed by atoms with Crippen molar-refractivity contribution < 1.29 is 5.11 Å². The maximum atomic E-state index is 10.1. The number of piperidine rings is 1. The molecule has 0 radical (unpaired) electrons. The second-order valence-electron chi connectivity index (χ2n) is 4.72. The molecule has 1 N–H and O–H groups in total. The zero-order valence-corrected chi connectivity index (χ0v) is 9.66. The smallest absolute Gasteiger partial charge is 0.0781 e. The molecule has 1 heterocycles. The molecule has 0 spiro atoms. The highest BCUT2D eigenvalue weighted by Crippen LogP contribution is 2.21. The molecule has 0 aromatic rings. The average molecular weight is 197 g/mol. The molecule has 0 aliphatic carbocycles. The van der Waals surface area contributed by atoms with Crippen LogP contribution in [-0.4, -0.2) is 34.7 Å². The quantitative estimate of drug-likeness (QED) is 0.701. The molecule has 1 rings (SSSR count). The van der Waals surface area contributed by atoms with Gasteiger partial charge in [-0.05, 0) is 46.7 Å². The molecule has 82 valence electrons. The Morgan fingerprint density at radius 2 is 1.79 bits per heavy atom. The summed E-state index contributed by atoms with van der Waals surface area (Å²) in [7, 11) is 0. The lowest BCUT2D eigenvalue weighted by Gasteiger charge is -2.39. The summed E-state index contributed by atoms with van der Waals surface area (Å²) in [6.07, 6.45) is 8.03. The molecule has 0 bridgehead atoms. The first-order valence-electron chi connectivity index (χ1n) is 5.65. The molecule has 2 heteroatoms. The zero-order chi connectivity index (χ0) is 10.6. The van der Waals surface area contributed by atoms with Gasteiger partial charge in [-0.25, -0.2) is 0 Å². The maximum Gasteiger partial charge on any atom is 0.0781 e. The Hall–Kier alpha value is -0.340. The molecule has 1 saturated heterocycles. The van der Waals surface area contributed by atoms with E-state index < -0.39 is 5.60 Å². The lowest BCUT2D eigenvalue weighted by atomic mass is 9.94. The molecule has 1 unspecified atom stereocenters. The van der Waals surface area contributed by atoms with E-state index >= 15 is 0 Å². The molecule has 1 fully saturated rings. The second kappa shape index (κ2) is 4.94. The van der Waals surface area contributed by atoms with Gasteiger partial charge in [0, 0.05) is 0 Å². The minimum absolute atomic E-state index is 0.174. The maximum absolute atomic E-state index is 10.1. The van der Waals surface area contributed by atoms with E-state index in [1.165, 1.54) is 19.3 Å². The molecular weight excluding hydrogens is 174 g/mol. The van der Waals surface area contributed by atoms with Crippen molar-refractivity contribution in [2.75, 3.05) is 13.1 Å². The van der Waals surface area contributed by atoms with Gasteiger partial charge >= 0.3 is 0 Å². The summed E-state index contributed by atoms with van der Waals surface area (Å²) >= 11 is 0. The zero-order valence-electron chi connectivity index (χ0n) is 9.66. The lowest BCUT2D eigenvalue weighted by Crippen LogP contribution is -2.50. The van der Waals surface area contributed by atoms with E-state index in [4.69, 9.17) is 0 Å². The standard InChI is InChI=1S/C12H23NO/c1-4-8-11(12(2,3)14)13-9-6-5-7-10-13/h4,8,11,14H,5-7,9-10H2,1-3H3/b8-4-. The van der Waals surface area contributed by atoms with Gasteiger partial charge in [0.15, 0.2) is 0 Å². The van der Waals surface area contributed by atoms with Gasteiger partial charge in [-0.2, -0.15) is 0 Å². The van der Waals surface area contributed by atoms with Crippen LogP contribution in [0.3, 0.4) is 0 Å². The van der Waals surface area contributed by atoms with Crippen LogP contribution in [0.1, 0.15) is 40.0 Å². The van der Waals surface area contributed by atoms with E-state index in [-0.39, 0.29) is 6.04 Å². The van der Waals surface area contributed by atoms with Gasteiger partial charge in [0.1, 0.15) is 0 Å². The van der Waals surface area contributed by atoms with Crippen molar-refractivity contribution in [3.63, 3.8) is 0 Å². The van der Waals surface area contributed by atoms with Crippen molar-refractivity contribution >= 4 is 0 Å². The molecule has 0 aromatic carbocycles. The highest BCUT2D eigenvalue weighted by atomic mass is 16.3. The summed E-state index contributed by atoms with van der Waals surface area (Å²) in [6.45, 7) is 8.05. The third-order valence-electron chi connectivity index (χ3n) is 2.88. The number of likely N-dealkylation sites (tertiary alicyclic amines) is 1. The summed E-state index contributed by atoms with van der Waals surface area (Å²) < 4.78 is 0. The summed E-state index contributed by atoms with van der Waals surface area (Å²) in [6, 6.07) is 0.174. The summed E-state index contributed by atoms with van der Waals surface area (Å²) in [5, 5.41) is 10.1. The Kier molecular flexibility index (Phi) is 4.14. The number of allylic oxidation sites excluding steroid dienone is 1. The van der Waals surface area contributed by atoms with Crippen LogP contribution in [-0.2, 0) is 0 Å². The van der Waals surface area contributed by atoms with Crippen LogP contribution in [0.25, 0.3) is 0 Å². The highest BCUT2D eigenvalue weighted by Gasteiger charge is 2.30. The molecule has 1 atom stereocenters. The van der Waals surface area contributed by atoms with Crippen molar-refractivity contribution in [3.8, 4) is 0 Å². The van der Waals surface area contributed by atoms with Crippen molar-refractivity contribution in [1.29, 1.82) is 0 Å². The fraction of sp³-hybridized carbons (Fsp3) is 0.833. The molecule has 0 aromatic heterocycles. The molecule has 0 saturated carbocycles. The largest absolute Gasteiger partial charge is 0.388 e. The van der Waals surface area contributed by atoms with E-state index in [1.54, 1.807) is 0 Å². The Morgan fingerprint density at radius 1 is 1.21 bits per heavy atom. The first-order valence-corrected chi connectivity index (χ1v) is 5.65. The van der Waals surface area contributed by atoms with Gasteiger partial charge in [-0.15, -0.1) is 0 Å². The lowest BCUT2D eigenvalue weighted by molar-refractivity contribution is -0.00498. The number of aliphatic hydroxyl groups is 1. The summed E-state index contributed by atoms with van der Waals surface area (Å²) in [4.78, 5) is 2.39. The fourth-order valence-corrected chi connectivity index (χ4v) is 2.18. The monoisotopic (exact) mass is 197 g/mol. The van der Waals surface area contributed by atoms with Crippen molar-refractivity contribution in [3.05, 3.63) is 12.2 Å². The van der Waals surface area contributed by atoms with E-state index in [0.717, 1.165) is 13.1 Å². The van der Waals surface area contributed by atoms with Crippen LogP contribution in [0.15, 0.2) is 12.2 Å². The normalized spacial score (nSPS) is 22.9. The van der Waals surface area contributed by atoms with E-state index in [0.29, 0.717) is 0 Å². The molecular formula is C12H23NO. The summed E-state index contributed by atoms with van der Waals surface area (Å²) in [5.74, 6) is 0. The number of rotatable bonds is 3. The van der Waals surface area contributed by atoms with Crippen molar-refractivity contribution in [2.24, 2.45) is 0 Å². The molecule has 1 aliphatic heterocycles. The van der Waals surface area contributed by atoms with Crippen molar-refractivity contribution in [2.45, 2.75) is 51.7 Å². The van der Waals surface area contributed by atoms with Crippen LogP contribution < -0.4 is 0 Å². The first-order chi connectivity index (χ1) is 6.55. The van der Waals surface area contributed by atoms with Gasteiger partial charge in [-0.1, -0.05) is 18.6 Å². The van der Waals surface area contributed by atoms with E-state index in [1.807, 2.05) is 26.8 Å². The average Bonchev–Trinajstić information content (AvgIpc) is 2.14. The molecule has 1 aliphatic rings. The summed E-state index contributed by atoms with van der Waals surface area (Å²) in [5.41, 5.74) is -0.635. The van der Waals surface area contributed by atoms with Gasteiger partial charge < -0.3 is 5.11 Å². The topological polar surface area (TPSA) is 23.5 Å². The minimum Gasteiger partial charge on any atom is -0.388 e. The second-order valence-corrected chi connectivity index (χ2v) is 4.72. The minimum atomic E-state index is -0.635. The van der Waals surface area contributed by atoms with E-state index in [9.17, 15) is 5.11 Å². The predicted molar refractivity (Wildman–Crippen MR) is 60.3 cm³/mol. The highest BCUT2D eigenvalue weighted by molar-refractivity contribution is 5.01. The van der Waals surface area contributed by atoms with Crippen LogP contribution >= 0.6 is 0 Å². The van der Waals surface area contributed by atoms with Gasteiger partial charge in [0.25, 0.3) is 0 Å². The first kappa shape index (κ1) is 11.7. The van der Waals surface area contributed by atoms with Gasteiger partial charge in [0.2, 0.25) is 0 Å². The Labute approximate surface area is 87.6 Å². The van der Waals surface area contributed by atoms with Crippen LogP contribution in [0.4, 0.5) is 0 Å². The molecule has 0 amide bonds. The van der Waals surface area contributed by atoms with Gasteiger partial charge in [-0.3, -0.25) is 4.90 Å². The van der Waals surface area contributed by atoms with Gasteiger partial charge in [0.05, 0.1) is 11.6 Å². The fourth-order valence-electron chi connectivity index (χ4n) is 2.18. The Morgan fingerprint density at radius 3 is 2.21 bits per heavy atom. The third kappa shape index (κ3) is 3.10. The predicted octanol–water partition coefficient (Wildman–Crippen LogP) is 2.19. The number of hydrogen-bond acceptors (Lipinski definition) is 2. The Bertz CT molecular complexity index is 187. The van der Waals surface area contributed by atoms with Crippen LogP contribution in [0.5, 0.6) is 0 Å². The number of nitrogens with zero attached hydrogens (tertiary/aromatic N) is 1. The van der Waals surface area contributed by atoms with E-state index in [2.05, 4.69) is 11.0 Å².